The first kappa shape index (κ1) is 11.0. The predicted octanol–water partition coefficient (Wildman–Crippen LogP) is 2.70. The first-order chi connectivity index (χ1) is 7.31. The number of hydrogen-bond donors (Lipinski definition) is 1. The second-order valence-electron chi connectivity index (χ2n) is 5.11. The van der Waals surface area contributed by atoms with Crippen molar-refractivity contribution in [2.75, 3.05) is 13.7 Å². The SMILES string of the molecule is CNC(C1=COCCC1)C1CCC(C)C1. The summed E-state index contributed by atoms with van der Waals surface area (Å²) in [4.78, 5) is 0. The van der Waals surface area contributed by atoms with Crippen LogP contribution in [0.15, 0.2) is 11.8 Å². The van der Waals surface area contributed by atoms with Crippen LogP contribution in [-0.2, 0) is 4.74 Å². The lowest BCUT2D eigenvalue weighted by molar-refractivity contribution is 0.214. The molecule has 86 valence electrons. The second kappa shape index (κ2) is 5.02. The molecule has 1 aliphatic carbocycles. The Hall–Kier alpha value is -0.500. The highest BCUT2D eigenvalue weighted by Crippen LogP contribution is 2.36. The molecule has 3 atom stereocenters. The predicted molar refractivity (Wildman–Crippen MR) is 62.6 cm³/mol. The van der Waals surface area contributed by atoms with Crippen LogP contribution < -0.4 is 5.32 Å². The lowest BCUT2D eigenvalue weighted by atomic mass is 9.89. The number of hydrogen-bond acceptors (Lipinski definition) is 2. The summed E-state index contributed by atoms with van der Waals surface area (Å²) in [6, 6.07) is 0.565. The van der Waals surface area contributed by atoms with Crippen molar-refractivity contribution in [2.45, 2.75) is 45.1 Å². The molecule has 2 rings (SSSR count). The first-order valence-electron chi connectivity index (χ1n) is 6.29. The Kier molecular flexibility index (Phi) is 3.68. The summed E-state index contributed by atoms with van der Waals surface area (Å²) in [5, 5.41) is 3.49. The van der Waals surface area contributed by atoms with Crippen molar-refractivity contribution >= 4 is 0 Å². The Morgan fingerprint density at radius 1 is 1.47 bits per heavy atom. The Balaban J connectivity index is 1.99. The molecule has 3 unspecified atom stereocenters. The van der Waals surface area contributed by atoms with Crippen LogP contribution in [0.2, 0.25) is 0 Å². The van der Waals surface area contributed by atoms with E-state index in [0.717, 1.165) is 18.4 Å². The van der Waals surface area contributed by atoms with Crippen LogP contribution in [0.25, 0.3) is 0 Å². The van der Waals surface area contributed by atoms with Crippen LogP contribution in [-0.4, -0.2) is 19.7 Å². The number of nitrogens with one attached hydrogen (secondary N) is 1. The monoisotopic (exact) mass is 209 g/mol. The van der Waals surface area contributed by atoms with E-state index in [1.165, 1.54) is 37.7 Å². The quantitative estimate of drug-likeness (QED) is 0.771. The third-order valence-electron chi connectivity index (χ3n) is 3.88. The van der Waals surface area contributed by atoms with Crippen molar-refractivity contribution < 1.29 is 4.74 Å². The Morgan fingerprint density at radius 3 is 2.87 bits per heavy atom. The van der Waals surface area contributed by atoms with Crippen LogP contribution in [0.4, 0.5) is 0 Å². The van der Waals surface area contributed by atoms with Gasteiger partial charge in [0.1, 0.15) is 0 Å². The van der Waals surface area contributed by atoms with Gasteiger partial charge in [-0.3, -0.25) is 0 Å². The van der Waals surface area contributed by atoms with Crippen LogP contribution in [0, 0.1) is 11.8 Å². The van der Waals surface area contributed by atoms with Gasteiger partial charge in [-0.25, -0.2) is 0 Å². The van der Waals surface area contributed by atoms with Crippen LogP contribution >= 0.6 is 0 Å². The van der Waals surface area contributed by atoms with E-state index in [4.69, 9.17) is 4.74 Å². The fraction of sp³-hybridized carbons (Fsp3) is 0.846. The molecule has 0 saturated heterocycles. The molecule has 0 aromatic carbocycles. The number of ether oxygens (including phenoxy) is 1. The van der Waals surface area contributed by atoms with E-state index in [1.807, 2.05) is 6.26 Å². The zero-order valence-electron chi connectivity index (χ0n) is 9.96. The van der Waals surface area contributed by atoms with Gasteiger partial charge in [0, 0.05) is 6.04 Å². The molecule has 1 N–H and O–H groups in total. The topological polar surface area (TPSA) is 21.3 Å². The van der Waals surface area contributed by atoms with Gasteiger partial charge in [0.2, 0.25) is 0 Å². The van der Waals surface area contributed by atoms with E-state index < -0.39 is 0 Å². The van der Waals surface area contributed by atoms with Crippen molar-refractivity contribution in [3.63, 3.8) is 0 Å². The second-order valence-corrected chi connectivity index (χ2v) is 5.11. The minimum atomic E-state index is 0.565. The Labute approximate surface area is 93.1 Å². The summed E-state index contributed by atoms with van der Waals surface area (Å²) in [6.07, 6.45) is 8.57. The van der Waals surface area contributed by atoms with Gasteiger partial charge in [-0.1, -0.05) is 13.3 Å². The molecule has 1 heterocycles. The molecule has 0 amide bonds. The summed E-state index contributed by atoms with van der Waals surface area (Å²) in [7, 11) is 2.09. The zero-order valence-corrected chi connectivity index (χ0v) is 9.96. The fourth-order valence-corrected chi connectivity index (χ4v) is 3.09. The molecule has 1 aliphatic heterocycles. The lowest BCUT2D eigenvalue weighted by Crippen LogP contribution is -2.35. The number of likely N-dealkylation sites (N-methyl/N-ethyl adjacent to an activating group) is 1. The fourth-order valence-electron chi connectivity index (χ4n) is 3.09. The highest BCUT2D eigenvalue weighted by molar-refractivity contribution is 5.12. The van der Waals surface area contributed by atoms with Gasteiger partial charge in [0.25, 0.3) is 0 Å². The maximum Gasteiger partial charge on any atom is 0.0876 e. The van der Waals surface area contributed by atoms with Gasteiger partial charge in [0.05, 0.1) is 12.9 Å². The molecule has 1 saturated carbocycles. The summed E-state index contributed by atoms with van der Waals surface area (Å²) in [5.41, 5.74) is 1.49. The molecule has 15 heavy (non-hydrogen) atoms. The summed E-state index contributed by atoms with van der Waals surface area (Å²) in [5.74, 6) is 1.74. The Morgan fingerprint density at radius 2 is 2.33 bits per heavy atom. The van der Waals surface area contributed by atoms with Crippen molar-refractivity contribution in [2.24, 2.45) is 11.8 Å². The van der Waals surface area contributed by atoms with Crippen LogP contribution in [0.5, 0.6) is 0 Å². The molecule has 0 spiro atoms. The molecule has 0 radical (unpaired) electrons. The van der Waals surface area contributed by atoms with Crippen molar-refractivity contribution in [1.29, 1.82) is 0 Å². The molecule has 0 bridgehead atoms. The first-order valence-corrected chi connectivity index (χ1v) is 6.29. The van der Waals surface area contributed by atoms with E-state index in [0.29, 0.717) is 6.04 Å². The standard InChI is InChI=1S/C13H23NO/c1-10-5-6-11(8-10)13(14-2)12-4-3-7-15-9-12/h9-11,13-14H,3-8H2,1-2H3. The zero-order chi connectivity index (χ0) is 10.7. The molecule has 2 heteroatoms. The van der Waals surface area contributed by atoms with E-state index in [9.17, 15) is 0 Å². The maximum atomic E-state index is 5.45. The summed E-state index contributed by atoms with van der Waals surface area (Å²) in [6.45, 7) is 3.28. The third-order valence-corrected chi connectivity index (χ3v) is 3.88. The van der Waals surface area contributed by atoms with Crippen LogP contribution in [0.1, 0.15) is 39.0 Å². The van der Waals surface area contributed by atoms with E-state index in [1.54, 1.807) is 0 Å². The normalized spacial score (nSPS) is 33.3. The average molecular weight is 209 g/mol. The highest BCUT2D eigenvalue weighted by Gasteiger charge is 2.30. The minimum absolute atomic E-state index is 0.565. The molecular formula is C13H23NO. The van der Waals surface area contributed by atoms with Gasteiger partial charge in [-0.2, -0.15) is 0 Å². The summed E-state index contributed by atoms with van der Waals surface area (Å²) < 4.78 is 5.45. The lowest BCUT2D eigenvalue weighted by Gasteiger charge is -2.28. The van der Waals surface area contributed by atoms with Crippen molar-refractivity contribution in [3.05, 3.63) is 11.8 Å². The van der Waals surface area contributed by atoms with Gasteiger partial charge < -0.3 is 10.1 Å². The van der Waals surface area contributed by atoms with Gasteiger partial charge in [-0.15, -0.1) is 0 Å². The van der Waals surface area contributed by atoms with E-state index in [-0.39, 0.29) is 0 Å². The van der Waals surface area contributed by atoms with E-state index >= 15 is 0 Å². The van der Waals surface area contributed by atoms with Crippen molar-refractivity contribution in [1.82, 2.24) is 5.32 Å². The third kappa shape index (κ3) is 2.54. The highest BCUT2D eigenvalue weighted by atomic mass is 16.5. The maximum absolute atomic E-state index is 5.45. The largest absolute Gasteiger partial charge is 0.501 e. The van der Waals surface area contributed by atoms with Gasteiger partial charge in [0.15, 0.2) is 0 Å². The Bertz CT molecular complexity index is 237. The van der Waals surface area contributed by atoms with E-state index in [2.05, 4.69) is 19.3 Å². The average Bonchev–Trinajstić information content (AvgIpc) is 2.68. The smallest absolute Gasteiger partial charge is 0.0876 e. The molecule has 2 aliphatic rings. The molecular weight excluding hydrogens is 186 g/mol. The van der Waals surface area contributed by atoms with Crippen molar-refractivity contribution in [3.8, 4) is 0 Å². The summed E-state index contributed by atoms with van der Waals surface area (Å²) >= 11 is 0. The molecule has 1 fully saturated rings. The molecule has 0 aromatic heterocycles. The molecule has 0 aromatic rings. The van der Waals surface area contributed by atoms with Gasteiger partial charge in [-0.05, 0) is 50.1 Å². The minimum Gasteiger partial charge on any atom is -0.501 e. The van der Waals surface area contributed by atoms with Crippen LogP contribution in [0.3, 0.4) is 0 Å². The van der Waals surface area contributed by atoms with Gasteiger partial charge >= 0.3 is 0 Å². The number of rotatable bonds is 3. The molecule has 2 nitrogen and oxygen atoms in total.